The fourth-order valence-electron chi connectivity index (χ4n) is 2.74. The van der Waals surface area contributed by atoms with Crippen molar-refractivity contribution in [2.75, 3.05) is 45.8 Å². The van der Waals surface area contributed by atoms with Crippen molar-refractivity contribution in [3.63, 3.8) is 0 Å². The van der Waals surface area contributed by atoms with Gasteiger partial charge in [0.05, 0.1) is 0 Å². The fourth-order valence-corrected chi connectivity index (χ4v) is 2.74. The first-order valence-electron chi connectivity index (χ1n) is 6.53. The van der Waals surface area contributed by atoms with E-state index in [1.807, 2.05) is 0 Å². The van der Waals surface area contributed by atoms with Crippen LogP contribution in [0.15, 0.2) is 0 Å². The zero-order valence-electron chi connectivity index (χ0n) is 10.0. The van der Waals surface area contributed by atoms with Gasteiger partial charge in [0.25, 0.3) is 0 Å². The van der Waals surface area contributed by atoms with Crippen LogP contribution in [-0.2, 0) is 0 Å². The SMILES string of the molecule is C[C@H]1CN(CCCN2CCCC2)CCN1. The lowest BCUT2D eigenvalue weighted by Crippen LogP contribution is -2.49. The summed E-state index contributed by atoms with van der Waals surface area (Å²) in [5.74, 6) is 0. The van der Waals surface area contributed by atoms with Crippen LogP contribution in [-0.4, -0.2) is 61.7 Å². The molecule has 2 aliphatic heterocycles. The zero-order valence-corrected chi connectivity index (χ0v) is 10.0. The van der Waals surface area contributed by atoms with Crippen molar-refractivity contribution in [2.45, 2.75) is 32.2 Å². The minimum atomic E-state index is 0.686. The van der Waals surface area contributed by atoms with Crippen LogP contribution >= 0.6 is 0 Å². The Bertz CT molecular complexity index is 178. The number of hydrogen-bond donors (Lipinski definition) is 1. The lowest BCUT2D eigenvalue weighted by molar-refractivity contribution is 0.194. The summed E-state index contributed by atoms with van der Waals surface area (Å²) in [6.45, 7) is 11.2. The molecule has 0 aromatic carbocycles. The summed E-state index contributed by atoms with van der Waals surface area (Å²) in [5.41, 5.74) is 0. The first-order chi connectivity index (χ1) is 7.34. The molecule has 1 N–H and O–H groups in total. The Hall–Kier alpha value is -0.120. The molecule has 3 nitrogen and oxygen atoms in total. The molecule has 15 heavy (non-hydrogen) atoms. The van der Waals surface area contributed by atoms with Crippen molar-refractivity contribution < 1.29 is 0 Å². The van der Waals surface area contributed by atoms with E-state index in [1.165, 1.54) is 65.1 Å². The summed E-state index contributed by atoms with van der Waals surface area (Å²) in [6.07, 6.45) is 4.20. The predicted molar refractivity (Wildman–Crippen MR) is 64.2 cm³/mol. The topological polar surface area (TPSA) is 18.5 Å². The van der Waals surface area contributed by atoms with Gasteiger partial charge in [0.15, 0.2) is 0 Å². The van der Waals surface area contributed by atoms with Gasteiger partial charge in [-0.15, -0.1) is 0 Å². The van der Waals surface area contributed by atoms with Crippen molar-refractivity contribution in [3.8, 4) is 0 Å². The van der Waals surface area contributed by atoms with Gasteiger partial charge in [-0.25, -0.2) is 0 Å². The molecule has 2 aliphatic rings. The summed E-state index contributed by atoms with van der Waals surface area (Å²) < 4.78 is 0. The average Bonchev–Trinajstić information content (AvgIpc) is 2.71. The lowest BCUT2D eigenvalue weighted by atomic mass is 10.2. The van der Waals surface area contributed by atoms with Gasteiger partial charge in [0.2, 0.25) is 0 Å². The Morgan fingerprint density at radius 2 is 1.80 bits per heavy atom. The molecule has 0 unspecified atom stereocenters. The van der Waals surface area contributed by atoms with Crippen LogP contribution in [0.2, 0.25) is 0 Å². The van der Waals surface area contributed by atoms with Crippen LogP contribution in [0.5, 0.6) is 0 Å². The van der Waals surface area contributed by atoms with E-state index in [2.05, 4.69) is 22.0 Å². The van der Waals surface area contributed by atoms with Crippen LogP contribution in [0.3, 0.4) is 0 Å². The molecule has 2 fully saturated rings. The van der Waals surface area contributed by atoms with Crippen molar-refractivity contribution in [1.82, 2.24) is 15.1 Å². The first-order valence-corrected chi connectivity index (χ1v) is 6.53. The molecule has 0 spiro atoms. The van der Waals surface area contributed by atoms with Gasteiger partial charge in [-0.1, -0.05) is 0 Å². The van der Waals surface area contributed by atoms with E-state index in [0.717, 1.165) is 0 Å². The molecular weight excluding hydrogens is 186 g/mol. The van der Waals surface area contributed by atoms with E-state index >= 15 is 0 Å². The van der Waals surface area contributed by atoms with E-state index in [1.54, 1.807) is 0 Å². The van der Waals surface area contributed by atoms with Gasteiger partial charge >= 0.3 is 0 Å². The van der Waals surface area contributed by atoms with Gasteiger partial charge in [0, 0.05) is 25.7 Å². The van der Waals surface area contributed by atoms with Crippen LogP contribution in [0.1, 0.15) is 26.2 Å². The third-order valence-electron chi connectivity index (χ3n) is 3.60. The molecule has 0 saturated carbocycles. The molecule has 0 aromatic rings. The number of rotatable bonds is 4. The maximum Gasteiger partial charge on any atom is 0.0167 e. The number of nitrogens with zero attached hydrogens (tertiary/aromatic N) is 2. The monoisotopic (exact) mass is 211 g/mol. The highest BCUT2D eigenvalue weighted by Gasteiger charge is 2.16. The van der Waals surface area contributed by atoms with Gasteiger partial charge in [-0.3, -0.25) is 0 Å². The van der Waals surface area contributed by atoms with E-state index in [9.17, 15) is 0 Å². The van der Waals surface area contributed by atoms with E-state index in [-0.39, 0.29) is 0 Å². The minimum absolute atomic E-state index is 0.686. The maximum absolute atomic E-state index is 3.49. The molecule has 0 aromatic heterocycles. The fraction of sp³-hybridized carbons (Fsp3) is 1.00. The van der Waals surface area contributed by atoms with Crippen molar-refractivity contribution in [3.05, 3.63) is 0 Å². The molecule has 0 radical (unpaired) electrons. The highest BCUT2D eigenvalue weighted by Crippen LogP contribution is 2.08. The largest absolute Gasteiger partial charge is 0.312 e. The molecule has 0 bridgehead atoms. The van der Waals surface area contributed by atoms with E-state index in [4.69, 9.17) is 0 Å². The summed E-state index contributed by atoms with van der Waals surface area (Å²) >= 11 is 0. The molecule has 2 saturated heterocycles. The summed E-state index contributed by atoms with van der Waals surface area (Å²) in [5, 5.41) is 3.49. The quantitative estimate of drug-likeness (QED) is 0.741. The summed E-state index contributed by atoms with van der Waals surface area (Å²) in [7, 11) is 0. The van der Waals surface area contributed by atoms with Crippen LogP contribution in [0.25, 0.3) is 0 Å². The maximum atomic E-state index is 3.49. The zero-order chi connectivity index (χ0) is 10.5. The molecule has 0 aliphatic carbocycles. The Balaban J connectivity index is 1.56. The van der Waals surface area contributed by atoms with Gasteiger partial charge in [-0.2, -0.15) is 0 Å². The van der Waals surface area contributed by atoms with Gasteiger partial charge < -0.3 is 15.1 Å². The number of piperazine rings is 1. The van der Waals surface area contributed by atoms with Crippen molar-refractivity contribution in [1.29, 1.82) is 0 Å². The third-order valence-corrected chi connectivity index (χ3v) is 3.60. The Labute approximate surface area is 93.8 Å². The second kappa shape index (κ2) is 5.83. The average molecular weight is 211 g/mol. The van der Waals surface area contributed by atoms with Gasteiger partial charge in [0.1, 0.15) is 0 Å². The standard InChI is InChI=1S/C12H25N3/c1-12-11-15(10-5-13-12)9-4-8-14-6-2-3-7-14/h12-13H,2-11H2,1H3/t12-/m0/s1. The number of likely N-dealkylation sites (tertiary alicyclic amines) is 1. The van der Waals surface area contributed by atoms with Gasteiger partial charge in [-0.05, 0) is 52.4 Å². The lowest BCUT2D eigenvalue weighted by Gasteiger charge is -2.32. The van der Waals surface area contributed by atoms with Crippen LogP contribution < -0.4 is 5.32 Å². The van der Waals surface area contributed by atoms with Crippen molar-refractivity contribution >= 4 is 0 Å². The molecule has 1 atom stereocenters. The van der Waals surface area contributed by atoms with E-state index in [0.29, 0.717) is 6.04 Å². The highest BCUT2D eigenvalue weighted by molar-refractivity contribution is 4.75. The molecule has 0 amide bonds. The van der Waals surface area contributed by atoms with E-state index < -0.39 is 0 Å². The van der Waals surface area contributed by atoms with Crippen LogP contribution in [0.4, 0.5) is 0 Å². The normalized spacial score (nSPS) is 29.8. The Morgan fingerprint density at radius 3 is 2.53 bits per heavy atom. The van der Waals surface area contributed by atoms with Crippen molar-refractivity contribution in [2.24, 2.45) is 0 Å². The smallest absolute Gasteiger partial charge is 0.0167 e. The predicted octanol–water partition coefficient (Wildman–Crippen LogP) is 0.766. The minimum Gasteiger partial charge on any atom is -0.312 e. The molecule has 2 rings (SSSR count). The van der Waals surface area contributed by atoms with Crippen LogP contribution in [0, 0.1) is 0 Å². The summed E-state index contributed by atoms with van der Waals surface area (Å²) in [4.78, 5) is 5.23. The summed E-state index contributed by atoms with van der Waals surface area (Å²) in [6, 6.07) is 0.686. The Kier molecular flexibility index (Phi) is 4.42. The third kappa shape index (κ3) is 3.74. The first kappa shape index (κ1) is 11.4. The second-order valence-electron chi connectivity index (χ2n) is 5.06. The molecule has 2 heterocycles. The molecule has 3 heteroatoms. The molecular formula is C12H25N3. The highest BCUT2D eigenvalue weighted by atomic mass is 15.2. The number of nitrogens with one attached hydrogen (secondary N) is 1. The second-order valence-corrected chi connectivity index (χ2v) is 5.06. The molecule has 88 valence electrons. The number of hydrogen-bond acceptors (Lipinski definition) is 3. The Morgan fingerprint density at radius 1 is 1.07 bits per heavy atom.